The van der Waals surface area contributed by atoms with Crippen LogP contribution in [-0.4, -0.2) is 34.9 Å². The largest absolute Gasteiger partial charge is 0.391 e. The summed E-state index contributed by atoms with van der Waals surface area (Å²) >= 11 is 0. The van der Waals surface area contributed by atoms with Gasteiger partial charge in [0.1, 0.15) is 12.4 Å². The van der Waals surface area contributed by atoms with Crippen LogP contribution < -0.4 is 5.32 Å². The van der Waals surface area contributed by atoms with Gasteiger partial charge in [-0.3, -0.25) is 4.79 Å². The summed E-state index contributed by atoms with van der Waals surface area (Å²) in [6.07, 6.45) is 2.68. The molecule has 0 radical (unpaired) electrons. The van der Waals surface area contributed by atoms with E-state index >= 15 is 0 Å². The molecule has 1 aromatic carbocycles. The zero-order valence-electron chi connectivity index (χ0n) is 11.6. The molecule has 0 aliphatic heterocycles. The van der Waals surface area contributed by atoms with Crippen LogP contribution in [0.2, 0.25) is 0 Å². The highest BCUT2D eigenvalue weighted by Crippen LogP contribution is 2.19. The predicted molar refractivity (Wildman–Crippen MR) is 76.1 cm³/mol. The molecule has 2 rings (SSSR count). The van der Waals surface area contributed by atoms with Crippen LogP contribution in [0.5, 0.6) is 0 Å². The van der Waals surface area contributed by atoms with Gasteiger partial charge >= 0.3 is 0 Å². The van der Waals surface area contributed by atoms with Gasteiger partial charge in [-0.1, -0.05) is 24.7 Å². The van der Waals surface area contributed by atoms with E-state index in [9.17, 15) is 14.3 Å². The fraction of sp³-hybridized carbons (Fsp3) is 0.438. The molecule has 1 fully saturated rings. The first-order valence-electron chi connectivity index (χ1n) is 7.00. The Kier molecular flexibility index (Phi) is 5.32. The van der Waals surface area contributed by atoms with E-state index in [4.69, 9.17) is 5.11 Å². The predicted octanol–water partition coefficient (Wildman–Crippen LogP) is 1.20. The van der Waals surface area contributed by atoms with Gasteiger partial charge in [0.15, 0.2) is 0 Å². The molecule has 4 nitrogen and oxygen atoms in total. The number of halogens is 1. The molecule has 0 aromatic heterocycles. The minimum absolute atomic E-state index is 0.0673. The summed E-state index contributed by atoms with van der Waals surface area (Å²) in [7, 11) is 0. The highest BCUT2D eigenvalue weighted by atomic mass is 19.1. The van der Waals surface area contributed by atoms with Crippen molar-refractivity contribution in [3.05, 3.63) is 35.1 Å². The third kappa shape index (κ3) is 4.03. The lowest BCUT2D eigenvalue weighted by Gasteiger charge is -2.28. The molecular formula is C16H18FNO3. The first-order valence-corrected chi connectivity index (χ1v) is 7.00. The van der Waals surface area contributed by atoms with Crippen molar-refractivity contribution in [3.8, 4) is 11.8 Å². The Morgan fingerprint density at radius 3 is 2.81 bits per heavy atom. The lowest BCUT2D eigenvalue weighted by molar-refractivity contribution is 0.0714. The number of nitrogens with one attached hydrogen (secondary N) is 1. The summed E-state index contributed by atoms with van der Waals surface area (Å²) in [6, 6.07) is 3.73. The Morgan fingerprint density at radius 1 is 1.38 bits per heavy atom. The Hall–Kier alpha value is -1.90. The molecule has 1 amide bonds. The molecule has 1 saturated carbocycles. The molecule has 2 unspecified atom stereocenters. The van der Waals surface area contributed by atoms with Gasteiger partial charge in [0.2, 0.25) is 0 Å². The zero-order valence-corrected chi connectivity index (χ0v) is 11.6. The van der Waals surface area contributed by atoms with Gasteiger partial charge in [-0.05, 0) is 31.0 Å². The van der Waals surface area contributed by atoms with Crippen molar-refractivity contribution in [2.24, 2.45) is 0 Å². The van der Waals surface area contributed by atoms with Crippen LogP contribution in [0.1, 0.15) is 41.6 Å². The van der Waals surface area contributed by atoms with Gasteiger partial charge in [0.25, 0.3) is 5.91 Å². The third-order valence-electron chi connectivity index (χ3n) is 3.57. The number of carbonyl (C=O) groups is 1. The van der Waals surface area contributed by atoms with E-state index in [0.29, 0.717) is 18.4 Å². The summed E-state index contributed by atoms with van der Waals surface area (Å²) in [4.78, 5) is 12.1. The van der Waals surface area contributed by atoms with Crippen LogP contribution in [0.25, 0.3) is 0 Å². The van der Waals surface area contributed by atoms with Crippen molar-refractivity contribution in [1.29, 1.82) is 0 Å². The van der Waals surface area contributed by atoms with Gasteiger partial charge in [-0.25, -0.2) is 4.39 Å². The molecule has 1 aliphatic carbocycles. The lowest BCUT2D eigenvalue weighted by Crippen LogP contribution is -2.45. The van der Waals surface area contributed by atoms with Crippen LogP contribution in [0, 0.1) is 17.7 Å². The van der Waals surface area contributed by atoms with Crippen molar-refractivity contribution in [2.75, 3.05) is 6.61 Å². The average molecular weight is 291 g/mol. The van der Waals surface area contributed by atoms with E-state index in [1.54, 1.807) is 0 Å². The molecule has 112 valence electrons. The lowest BCUT2D eigenvalue weighted by atomic mass is 9.92. The summed E-state index contributed by atoms with van der Waals surface area (Å²) in [5.74, 6) is 3.80. The fourth-order valence-corrected chi connectivity index (χ4v) is 2.44. The maximum Gasteiger partial charge on any atom is 0.254 e. The average Bonchev–Trinajstić information content (AvgIpc) is 2.47. The van der Waals surface area contributed by atoms with Gasteiger partial charge < -0.3 is 15.5 Å². The second-order valence-corrected chi connectivity index (χ2v) is 5.09. The molecular weight excluding hydrogens is 273 g/mol. The number of hydrogen-bond donors (Lipinski definition) is 3. The van der Waals surface area contributed by atoms with E-state index in [0.717, 1.165) is 18.9 Å². The number of aliphatic hydroxyl groups is 2. The number of carbonyl (C=O) groups excluding carboxylic acids is 1. The molecule has 21 heavy (non-hydrogen) atoms. The van der Waals surface area contributed by atoms with Crippen LogP contribution in [0.15, 0.2) is 18.2 Å². The molecule has 1 aromatic rings. The molecule has 2 atom stereocenters. The van der Waals surface area contributed by atoms with Gasteiger partial charge in [-0.2, -0.15) is 0 Å². The highest BCUT2D eigenvalue weighted by Gasteiger charge is 2.25. The first kappa shape index (κ1) is 15.5. The molecule has 1 aliphatic rings. The van der Waals surface area contributed by atoms with Gasteiger partial charge in [-0.15, -0.1) is 0 Å². The van der Waals surface area contributed by atoms with Crippen LogP contribution in [0.3, 0.4) is 0 Å². The Morgan fingerprint density at radius 2 is 2.14 bits per heavy atom. The second-order valence-electron chi connectivity index (χ2n) is 5.09. The number of rotatable bonds is 2. The topological polar surface area (TPSA) is 69.6 Å². The van der Waals surface area contributed by atoms with Crippen LogP contribution in [0.4, 0.5) is 4.39 Å². The zero-order chi connectivity index (χ0) is 15.2. The third-order valence-corrected chi connectivity index (χ3v) is 3.57. The summed E-state index contributed by atoms with van der Waals surface area (Å²) in [5, 5.41) is 21.1. The highest BCUT2D eigenvalue weighted by molar-refractivity contribution is 5.94. The molecule has 3 N–H and O–H groups in total. The SMILES string of the molecule is O=C(NC1CCCCC1O)c1ccc(C#CCO)cc1F. The van der Waals surface area contributed by atoms with E-state index in [1.165, 1.54) is 12.1 Å². The van der Waals surface area contributed by atoms with E-state index in [1.807, 2.05) is 0 Å². The van der Waals surface area contributed by atoms with Crippen molar-refractivity contribution >= 4 is 5.91 Å². The van der Waals surface area contributed by atoms with Crippen LogP contribution >= 0.6 is 0 Å². The standard InChI is InChI=1S/C16H18FNO3/c17-13-10-11(4-3-9-19)7-8-12(13)16(21)18-14-5-1-2-6-15(14)20/h7-8,10,14-15,19-20H,1-2,5-6,9H2,(H,18,21). The number of aliphatic hydroxyl groups excluding tert-OH is 2. The quantitative estimate of drug-likeness (QED) is 0.717. The minimum atomic E-state index is -0.664. The minimum Gasteiger partial charge on any atom is -0.391 e. The Balaban J connectivity index is 2.08. The number of amides is 1. The fourth-order valence-electron chi connectivity index (χ4n) is 2.44. The Labute approximate surface area is 123 Å². The van der Waals surface area contributed by atoms with Crippen LogP contribution in [-0.2, 0) is 0 Å². The van der Waals surface area contributed by atoms with Crippen molar-refractivity contribution in [2.45, 2.75) is 37.8 Å². The Bertz CT molecular complexity index is 577. The number of hydrogen-bond acceptors (Lipinski definition) is 3. The smallest absolute Gasteiger partial charge is 0.254 e. The second kappa shape index (κ2) is 7.21. The monoisotopic (exact) mass is 291 g/mol. The van der Waals surface area contributed by atoms with Crippen molar-refractivity contribution < 1.29 is 19.4 Å². The first-order chi connectivity index (χ1) is 10.1. The molecule has 0 spiro atoms. The molecule has 0 bridgehead atoms. The van der Waals surface area contributed by atoms with E-state index in [-0.39, 0.29) is 18.2 Å². The van der Waals surface area contributed by atoms with Gasteiger partial charge in [0, 0.05) is 5.56 Å². The molecule has 0 heterocycles. The summed E-state index contributed by atoms with van der Waals surface area (Å²) in [6.45, 7) is -0.302. The molecule has 5 heteroatoms. The van der Waals surface area contributed by atoms with Crippen molar-refractivity contribution in [3.63, 3.8) is 0 Å². The number of benzene rings is 1. The van der Waals surface area contributed by atoms with E-state index < -0.39 is 17.8 Å². The normalized spacial score (nSPS) is 21.3. The summed E-state index contributed by atoms with van der Waals surface area (Å²) < 4.78 is 13.9. The molecule has 0 saturated heterocycles. The van der Waals surface area contributed by atoms with Gasteiger partial charge in [0.05, 0.1) is 17.7 Å². The maximum absolute atomic E-state index is 13.9. The van der Waals surface area contributed by atoms with Crippen molar-refractivity contribution in [1.82, 2.24) is 5.32 Å². The van der Waals surface area contributed by atoms with E-state index in [2.05, 4.69) is 17.2 Å². The maximum atomic E-state index is 13.9. The summed E-state index contributed by atoms with van der Waals surface area (Å²) in [5.41, 5.74) is 0.332.